The smallest absolute Gasteiger partial charge is 0.257 e. The second kappa shape index (κ2) is 7.83. The molecule has 2 heterocycles. The van der Waals surface area contributed by atoms with Crippen molar-refractivity contribution < 1.29 is 19.0 Å². The van der Waals surface area contributed by atoms with Crippen LogP contribution in [0.5, 0.6) is 17.2 Å². The van der Waals surface area contributed by atoms with E-state index in [0.717, 1.165) is 11.3 Å². The van der Waals surface area contributed by atoms with Crippen molar-refractivity contribution in [2.24, 2.45) is 0 Å². The number of nitrogens with zero attached hydrogens (tertiary/aromatic N) is 2. The molecule has 1 N–H and O–H groups in total. The lowest BCUT2D eigenvalue weighted by Gasteiger charge is -2.13. The molecule has 0 fully saturated rings. The van der Waals surface area contributed by atoms with Crippen LogP contribution in [0.2, 0.25) is 0 Å². The molecule has 0 saturated heterocycles. The number of methoxy groups -OCH3 is 3. The third-order valence-electron chi connectivity index (χ3n) is 3.63. The molecular weight excluding hydrogens is 354 g/mol. The van der Waals surface area contributed by atoms with Crippen LogP contribution in [0, 0.1) is 0 Å². The molecule has 0 aliphatic carbocycles. The zero-order valence-electron chi connectivity index (χ0n) is 14.5. The molecule has 0 bridgehead atoms. The quantitative estimate of drug-likeness (QED) is 0.714. The molecule has 1 aromatic carbocycles. The Balaban J connectivity index is 1.83. The summed E-state index contributed by atoms with van der Waals surface area (Å²) in [6, 6.07) is 6.90. The fourth-order valence-corrected chi connectivity index (χ4v) is 3.08. The minimum absolute atomic E-state index is 0.320. The monoisotopic (exact) mass is 371 g/mol. The van der Waals surface area contributed by atoms with Crippen molar-refractivity contribution in [3.05, 3.63) is 47.6 Å². The molecule has 0 radical (unpaired) electrons. The number of thiazole rings is 1. The molecule has 8 heteroatoms. The van der Waals surface area contributed by atoms with Crippen molar-refractivity contribution in [3.8, 4) is 28.5 Å². The van der Waals surface area contributed by atoms with Crippen LogP contribution in [0.15, 0.2) is 42.0 Å². The molecule has 1 amide bonds. The van der Waals surface area contributed by atoms with Gasteiger partial charge in [0.15, 0.2) is 16.6 Å². The van der Waals surface area contributed by atoms with E-state index in [1.54, 1.807) is 24.5 Å². The van der Waals surface area contributed by atoms with E-state index in [9.17, 15) is 4.79 Å². The molecule has 7 nitrogen and oxygen atoms in total. The van der Waals surface area contributed by atoms with E-state index in [2.05, 4.69) is 15.3 Å². The summed E-state index contributed by atoms with van der Waals surface area (Å²) < 4.78 is 15.8. The van der Waals surface area contributed by atoms with Crippen LogP contribution >= 0.6 is 11.3 Å². The number of aromatic nitrogens is 2. The Morgan fingerprint density at radius 2 is 1.69 bits per heavy atom. The first-order valence-corrected chi connectivity index (χ1v) is 8.51. The molecule has 0 spiro atoms. The largest absolute Gasteiger partial charge is 0.493 e. The van der Waals surface area contributed by atoms with Gasteiger partial charge in [-0.25, -0.2) is 4.98 Å². The number of rotatable bonds is 6. The highest BCUT2D eigenvalue weighted by atomic mass is 32.1. The predicted molar refractivity (Wildman–Crippen MR) is 99.4 cm³/mol. The normalized spacial score (nSPS) is 10.3. The number of hydrogen-bond acceptors (Lipinski definition) is 7. The van der Waals surface area contributed by atoms with Gasteiger partial charge in [-0.3, -0.25) is 15.1 Å². The van der Waals surface area contributed by atoms with Gasteiger partial charge in [0.2, 0.25) is 5.75 Å². The maximum atomic E-state index is 12.6. The number of pyridine rings is 1. The average molecular weight is 371 g/mol. The highest BCUT2D eigenvalue weighted by molar-refractivity contribution is 7.14. The third kappa shape index (κ3) is 3.60. The Labute approximate surface area is 154 Å². The highest BCUT2D eigenvalue weighted by Gasteiger charge is 2.18. The Kier molecular flexibility index (Phi) is 5.33. The van der Waals surface area contributed by atoms with Gasteiger partial charge in [0, 0.05) is 28.9 Å². The molecule has 0 aliphatic heterocycles. The van der Waals surface area contributed by atoms with E-state index in [-0.39, 0.29) is 5.91 Å². The fourth-order valence-electron chi connectivity index (χ4n) is 2.37. The summed E-state index contributed by atoms with van der Waals surface area (Å²) in [5.74, 6) is 0.933. The Bertz CT molecular complexity index is 887. The number of anilines is 1. The summed E-state index contributed by atoms with van der Waals surface area (Å²) >= 11 is 1.34. The Hall–Kier alpha value is -3.13. The second-order valence-corrected chi connectivity index (χ2v) is 6.00. The number of carbonyl (C=O) groups excluding carboxylic acids is 1. The van der Waals surface area contributed by atoms with Gasteiger partial charge in [0.1, 0.15) is 0 Å². The number of ether oxygens (including phenoxy) is 3. The third-order valence-corrected chi connectivity index (χ3v) is 4.39. The molecule has 3 rings (SSSR count). The number of nitrogens with one attached hydrogen (secondary N) is 1. The summed E-state index contributed by atoms with van der Waals surface area (Å²) in [7, 11) is 4.51. The molecule has 0 unspecified atom stereocenters. The van der Waals surface area contributed by atoms with Crippen LogP contribution in [-0.2, 0) is 0 Å². The minimum Gasteiger partial charge on any atom is -0.493 e. The first-order chi connectivity index (χ1) is 12.7. The summed E-state index contributed by atoms with van der Waals surface area (Å²) in [6.45, 7) is 0. The maximum absolute atomic E-state index is 12.6. The van der Waals surface area contributed by atoms with E-state index in [4.69, 9.17) is 14.2 Å². The summed E-state index contributed by atoms with van der Waals surface area (Å²) in [5, 5.41) is 5.16. The Morgan fingerprint density at radius 1 is 1.04 bits per heavy atom. The van der Waals surface area contributed by atoms with Crippen molar-refractivity contribution >= 4 is 22.4 Å². The lowest BCUT2D eigenvalue weighted by Crippen LogP contribution is -2.12. The van der Waals surface area contributed by atoms with Crippen LogP contribution in [0.25, 0.3) is 11.3 Å². The number of hydrogen-bond donors (Lipinski definition) is 1. The van der Waals surface area contributed by atoms with E-state index < -0.39 is 0 Å². The first-order valence-electron chi connectivity index (χ1n) is 7.63. The van der Waals surface area contributed by atoms with Gasteiger partial charge in [-0.1, -0.05) is 0 Å². The van der Waals surface area contributed by atoms with E-state index in [1.807, 2.05) is 17.5 Å². The summed E-state index contributed by atoms with van der Waals surface area (Å²) in [6.07, 6.45) is 3.39. The molecular formula is C18H17N3O4S. The molecule has 0 saturated carbocycles. The minimum atomic E-state index is -0.320. The van der Waals surface area contributed by atoms with Gasteiger partial charge in [-0.15, -0.1) is 11.3 Å². The predicted octanol–water partition coefficient (Wildman–Crippen LogP) is 3.48. The number of benzene rings is 1. The van der Waals surface area contributed by atoms with Gasteiger partial charge in [0.25, 0.3) is 5.91 Å². The zero-order valence-corrected chi connectivity index (χ0v) is 15.3. The second-order valence-electron chi connectivity index (χ2n) is 5.14. The standard InChI is InChI=1S/C18H17N3O4S/c1-23-14-8-12(9-15(24-2)16(14)25-3)17(22)21-18-20-13(10-26-18)11-4-6-19-7-5-11/h4-10H,1-3H3,(H,20,21,22). The van der Waals surface area contributed by atoms with Gasteiger partial charge in [-0.05, 0) is 24.3 Å². The van der Waals surface area contributed by atoms with Crippen molar-refractivity contribution in [1.82, 2.24) is 9.97 Å². The fraction of sp³-hybridized carbons (Fsp3) is 0.167. The molecule has 2 aromatic heterocycles. The number of carbonyl (C=O) groups is 1. The van der Waals surface area contributed by atoms with Crippen LogP contribution in [0.4, 0.5) is 5.13 Å². The SMILES string of the molecule is COc1cc(C(=O)Nc2nc(-c3ccncc3)cs2)cc(OC)c1OC. The summed E-state index contributed by atoms with van der Waals surface area (Å²) in [4.78, 5) is 21.0. The van der Waals surface area contributed by atoms with Crippen LogP contribution in [0.3, 0.4) is 0 Å². The lowest BCUT2D eigenvalue weighted by molar-refractivity contribution is 0.102. The summed E-state index contributed by atoms with van der Waals surface area (Å²) in [5.41, 5.74) is 2.09. The molecule has 134 valence electrons. The van der Waals surface area contributed by atoms with Crippen LogP contribution in [-0.4, -0.2) is 37.2 Å². The van der Waals surface area contributed by atoms with Gasteiger partial charge < -0.3 is 14.2 Å². The topological polar surface area (TPSA) is 82.6 Å². The van der Waals surface area contributed by atoms with Gasteiger partial charge in [0.05, 0.1) is 27.0 Å². The van der Waals surface area contributed by atoms with E-state index >= 15 is 0 Å². The Morgan fingerprint density at radius 3 is 2.27 bits per heavy atom. The lowest BCUT2D eigenvalue weighted by atomic mass is 10.1. The van der Waals surface area contributed by atoms with Gasteiger partial charge >= 0.3 is 0 Å². The average Bonchev–Trinajstić information content (AvgIpc) is 3.15. The molecule has 0 atom stereocenters. The van der Waals surface area contributed by atoms with Crippen LogP contribution < -0.4 is 19.5 Å². The van der Waals surface area contributed by atoms with Crippen molar-refractivity contribution in [2.45, 2.75) is 0 Å². The highest BCUT2D eigenvalue weighted by Crippen LogP contribution is 2.38. The number of amides is 1. The molecule has 0 aliphatic rings. The van der Waals surface area contributed by atoms with Crippen LogP contribution in [0.1, 0.15) is 10.4 Å². The maximum Gasteiger partial charge on any atom is 0.257 e. The van der Waals surface area contributed by atoms with Crippen molar-refractivity contribution in [1.29, 1.82) is 0 Å². The van der Waals surface area contributed by atoms with Crippen molar-refractivity contribution in [3.63, 3.8) is 0 Å². The molecule has 3 aromatic rings. The van der Waals surface area contributed by atoms with Crippen molar-refractivity contribution in [2.75, 3.05) is 26.6 Å². The van der Waals surface area contributed by atoms with E-state index in [0.29, 0.717) is 27.9 Å². The van der Waals surface area contributed by atoms with E-state index in [1.165, 1.54) is 32.7 Å². The van der Waals surface area contributed by atoms with Gasteiger partial charge in [-0.2, -0.15) is 0 Å². The molecule has 26 heavy (non-hydrogen) atoms. The first kappa shape index (κ1) is 17.7. The zero-order chi connectivity index (χ0) is 18.5.